The smallest absolute Gasteiger partial charge is 0.155 e. The minimum absolute atomic E-state index is 0.164. The molecule has 0 N–H and O–H groups in total. The van der Waals surface area contributed by atoms with Gasteiger partial charge in [-0.25, -0.2) is 9.07 Å². The molecule has 0 aliphatic carbocycles. The van der Waals surface area contributed by atoms with E-state index in [1.54, 1.807) is 0 Å². The van der Waals surface area contributed by atoms with Gasteiger partial charge in [-0.1, -0.05) is 41.4 Å². The number of nitrogens with zero attached hydrogens (tertiary/aromatic N) is 2. The van der Waals surface area contributed by atoms with E-state index in [0.717, 1.165) is 0 Å². The maximum absolute atomic E-state index is 13.2. The van der Waals surface area contributed by atoms with Crippen molar-refractivity contribution in [1.29, 1.82) is 0 Å². The van der Waals surface area contributed by atoms with Crippen LogP contribution in [0.2, 0.25) is 10.2 Å². The molecule has 0 saturated carbocycles. The van der Waals surface area contributed by atoms with Gasteiger partial charge in [-0.05, 0) is 30.3 Å². The van der Waals surface area contributed by atoms with Gasteiger partial charge in [0.2, 0.25) is 0 Å². The summed E-state index contributed by atoms with van der Waals surface area (Å²) in [4.78, 5) is 11.4. The Kier molecular flexibility index (Phi) is 3.96. The number of carbonyl (C=O) groups is 1. The van der Waals surface area contributed by atoms with Crippen LogP contribution >= 0.6 is 23.2 Å². The third-order valence-corrected chi connectivity index (χ3v) is 3.84. The highest BCUT2D eigenvalue weighted by Gasteiger charge is 2.20. The van der Waals surface area contributed by atoms with Gasteiger partial charge >= 0.3 is 0 Å². The molecule has 0 bridgehead atoms. The van der Waals surface area contributed by atoms with Crippen molar-refractivity contribution in [3.63, 3.8) is 0 Å². The maximum atomic E-state index is 13.2. The highest BCUT2D eigenvalue weighted by atomic mass is 35.5. The van der Waals surface area contributed by atoms with Gasteiger partial charge in [0.25, 0.3) is 0 Å². The number of aldehydes is 1. The first-order valence-corrected chi connectivity index (χ1v) is 7.12. The van der Waals surface area contributed by atoms with E-state index in [1.807, 2.05) is 30.3 Å². The third-order valence-electron chi connectivity index (χ3n) is 3.17. The van der Waals surface area contributed by atoms with Crippen molar-refractivity contribution in [3.8, 4) is 16.9 Å². The van der Waals surface area contributed by atoms with E-state index in [-0.39, 0.29) is 15.7 Å². The topological polar surface area (TPSA) is 34.9 Å². The summed E-state index contributed by atoms with van der Waals surface area (Å²) < 4.78 is 14.6. The summed E-state index contributed by atoms with van der Waals surface area (Å²) in [5.41, 5.74) is 1.68. The summed E-state index contributed by atoms with van der Waals surface area (Å²) in [6.07, 6.45) is 0.615. The molecule has 0 radical (unpaired) electrons. The van der Waals surface area contributed by atoms with Crippen molar-refractivity contribution >= 4 is 29.5 Å². The second-order valence-electron chi connectivity index (χ2n) is 4.54. The molecule has 0 spiro atoms. The predicted octanol–water partition coefficient (Wildman–Crippen LogP) is 4.80. The summed E-state index contributed by atoms with van der Waals surface area (Å²) in [5.74, 6) is -0.463. The van der Waals surface area contributed by atoms with Gasteiger partial charge in [0, 0.05) is 5.56 Å². The van der Waals surface area contributed by atoms with Crippen molar-refractivity contribution in [3.05, 3.63) is 70.1 Å². The molecular formula is C16H9Cl2FN2O. The minimum Gasteiger partial charge on any atom is -0.298 e. The summed E-state index contributed by atoms with van der Waals surface area (Å²) in [6, 6.07) is 13.0. The molecule has 3 aromatic rings. The molecule has 0 aliphatic heterocycles. The standard InChI is InChI=1S/C16H9Cl2FN2O/c17-14-8-10(19)6-7-12(14)15-13(9-22)16(18)21(20-15)11-4-2-1-3-5-11/h1-9H. The van der Waals surface area contributed by atoms with Crippen LogP contribution in [0.5, 0.6) is 0 Å². The fourth-order valence-corrected chi connectivity index (χ4v) is 2.66. The molecule has 1 aromatic heterocycles. The van der Waals surface area contributed by atoms with E-state index in [1.165, 1.54) is 22.9 Å². The summed E-state index contributed by atoms with van der Waals surface area (Å²) >= 11 is 12.3. The van der Waals surface area contributed by atoms with Gasteiger partial charge in [-0.3, -0.25) is 4.79 Å². The second-order valence-corrected chi connectivity index (χ2v) is 5.31. The van der Waals surface area contributed by atoms with Crippen LogP contribution in [-0.2, 0) is 0 Å². The molecule has 6 heteroatoms. The molecule has 0 fully saturated rings. The van der Waals surface area contributed by atoms with E-state index in [0.29, 0.717) is 23.2 Å². The Morgan fingerprint density at radius 2 is 1.82 bits per heavy atom. The minimum atomic E-state index is -0.463. The molecule has 3 rings (SSSR count). The SMILES string of the molecule is O=Cc1c(-c2ccc(F)cc2Cl)nn(-c2ccccc2)c1Cl. The van der Waals surface area contributed by atoms with Crippen LogP contribution in [-0.4, -0.2) is 16.1 Å². The van der Waals surface area contributed by atoms with Crippen LogP contribution in [0.4, 0.5) is 4.39 Å². The van der Waals surface area contributed by atoms with Gasteiger partial charge in [-0.15, -0.1) is 0 Å². The molecule has 2 aromatic carbocycles. The normalized spacial score (nSPS) is 10.7. The molecule has 0 saturated heterocycles. The number of aromatic nitrogens is 2. The third kappa shape index (κ3) is 2.51. The largest absolute Gasteiger partial charge is 0.298 e. The first-order valence-electron chi connectivity index (χ1n) is 6.36. The number of halogens is 3. The van der Waals surface area contributed by atoms with E-state index in [9.17, 15) is 9.18 Å². The van der Waals surface area contributed by atoms with Gasteiger partial charge in [-0.2, -0.15) is 5.10 Å². The Labute approximate surface area is 135 Å². The molecule has 0 atom stereocenters. The zero-order valence-electron chi connectivity index (χ0n) is 11.1. The molecule has 3 nitrogen and oxygen atoms in total. The van der Waals surface area contributed by atoms with E-state index >= 15 is 0 Å². The van der Waals surface area contributed by atoms with Crippen molar-refractivity contribution in [2.45, 2.75) is 0 Å². The number of hydrogen-bond donors (Lipinski definition) is 0. The van der Waals surface area contributed by atoms with Crippen molar-refractivity contribution in [2.24, 2.45) is 0 Å². The Hall–Kier alpha value is -2.17. The lowest BCUT2D eigenvalue weighted by atomic mass is 10.1. The van der Waals surface area contributed by atoms with Gasteiger partial charge in [0.05, 0.1) is 16.3 Å². The molecule has 110 valence electrons. The van der Waals surface area contributed by atoms with Gasteiger partial charge in [0.1, 0.15) is 16.7 Å². The van der Waals surface area contributed by atoms with E-state index in [2.05, 4.69) is 5.10 Å². The number of hydrogen-bond acceptors (Lipinski definition) is 2. The van der Waals surface area contributed by atoms with Crippen LogP contribution in [0.3, 0.4) is 0 Å². The lowest BCUT2D eigenvalue weighted by Gasteiger charge is -2.02. The molecule has 22 heavy (non-hydrogen) atoms. The fourth-order valence-electron chi connectivity index (χ4n) is 2.13. The molecule has 0 aliphatic rings. The Morgan fingerprint density at radius 3 is 2.45 bits per heavy atom. The highest BCUT2D eigenvalue weighted by Crippen LogP contribution is 2.33. The number of carbonyl (C=O) groups excluding carboxylic acids is 1. The van der Waals surface area contributed by atoms with E-state index in [4.69, 9.17) is 23.2 Å². The van der Waals surface area contributed by atoms with Crippen molar-refractivity contribution in [2.75, 3.05) is 0 Å². The maximum Gasteiger partial charge on any atom is 0.155 e. The number of rotatable bonds is 3. The lowest BCUT2D eigenvalue weighted by molar-refractivity contribution is 0.112. The number of benzene rings is 2. The Morgan fingerprint density at radius 1 is 1.09 bits per heavy atom. The molecular weight excluding hydrogens is 326 g/mol. The van der Waals surface area contributed by atoms with Gasteiger partial charge in [0.15, 0.2) is 6.29 Å². The molecule has 0 unspecified atom stereocenters. The fraction of sp³-hybridized carbons (Fsp3) is 0. The summed E-state index contributed by atoms with van der Waals surface area (Å²) in [5, 5.41) is 4.70. The van der Waals surface area contributed by atoms with Crippen LogP contribution in [0.15, 0.2) is 48.5 Å². The van der Waals surface area contributed by atoms with Gasteiger partial charge < -0.3 is 0 Å². The highest BCUT2D eigenvalue weighted by molar-refractivity contribution is 6.35. The summed E-state index contributed by atoms with van der Waals surface area (Å²) in [7, 11) is 0. The lowest BCUT2D eigenvalue weighted by Crippen LogP contribution is -1.96. The average Bonchev–Trinajstić information content (AvgIpc) is 2.84. The molecule has 0 amide bonds. The first-order chi connectivity index (χ1) is 10.6. The van der Waals surface area contributed by atoms with Crippen LogP contribution in [0.25, 0.3) is 16.9 Å². The first kappa shape index (κ1) is 14.8. The summed E-state index contributed by atoms with van der Waals surface area (Å²) in [6.45, 7) is 0. The predicted molar refractivity (Wildman–Crippen MR) is 84.4 cm³/mol. The quantitative estimate of drug-likeness (QED) is 0.645. The van der Waals surface area contributed by atoms with E-state index < -0.39 is 5.82 Å². The molecule has 1 heterocycles. The van der Waals surface area contributed by atoms with Crippen LogP contribution < -0.4 is 0 Å². The average molecular weight is 335 g/mol. The Balaban J connectivity index is 2.23. The second kappa shape index (κ2) is 5.91. The van der Waals surface area contributed by atoms with Crippen LogP contribution in [0, 0.1) is 5.82 Å². The zero-order chi connectivity index (χ0) is 15.7. The Bertz CT molecular complexity index is 847. The van der Waals surface area contributed by atoms with Crippen molar-refractivity contribution < 1.29 is 9.18 Å². The van der Waals surface area contributed by atoms with Crippen molar-refractivity contribution in [1.82, 2.24) is 9.78 Å². The van der Waals surface area contributed by atoms with Crippen LogP contribution in [0.1, 0.15) is 10.4 Å². The zero-order valence-corrected chi connectivity index (χ0v) is 12.6. The number of para-hydroxylation sites is 1. The monoisotopic (exact) mass is 334 g/mol.